The lowest BCUT2D eigenvalue weighted by atomic mass is 9.89. The Hall–Kier alpha value is -0.810. The molecule has 0 aromatic heterocycles. The van der Waals surface area contributed by atoms with Crippen LogP contribution in [0.4, 0.5) is 0 Å². The van der Waals surface area contributed by atoms with E-state index in [0.717, 1.165) is 25.7 Å². The van der Waals surface area contributed by atoms with Crippen molar-refractivity contribution in [1.29, 1.82) is 0 Å². The van der Waals surface area contributed by atoms with Crippen molar-refractivity contribution in [3.63, 3.8) is 0 Å². The molecule has 2 aliphatic heterocycles. The molecule has 2 rings (SSSR count). The van der Waals surface area contributed by atoms with Gasteiger partial charge in [-0.3, -0.25) is 9.59 Å². The van der Waals surface area contributed by atoms with Crippen LogP contribution in [-0.2, 0) is 9.59 Å². The van der Waals surface area contributed by atoms with Gasteiger partial charge in [-0.15, -0.1) is 12.4 Å². The first-order chi connectivity index (χ1) is 9.58. The van der Waals surface area contributed by atoms with Crippen LogP contribution in [0.25, 0.3) is 0 Å². The number of piperidine rings is 1. The summed E-state index contributed by atoms with van der Waals surface area (Å²) in [6.07, 6.45) is 7.20. The van der Waals surface area contributed by atoms with Crippen molar-refractivity contribution >= 4 is 24.2 Å². The van der Waals surface area contributed by atoms with Crippen LogP contribution < -0.4 is 11.1 Å². The fraction of sp³-hybridized carbons (Fsp3) is 0.867. The van der Waals surface area contributed by atoms with Gasteiger partial charge in [0, 0.05) is 25.0 Å². The van der Waals surface area contributed by atoms with Gasteiger partial charge in [0.25, 0.3) is 0 Å². The quantitative estimate of drug-likeness (QED) is 0.746. The number of unbranched alkanes of at least 4 members (excludes halogenated alkanes) is 1. The van der Waals surface area contributed by atoms with Crippen LogP contribution in [0.1, 0.15) is 51.9 Å². The Morgan fingerprint density at radius 3 is 2.38 bits per heavy atom. The minimum absolute atomic E-state index is 0. The number of hydrogen-bond acceptors (Lipinski definition) is 3. The summed E-state index contributed by atoms with van der Waals surface area (Å²) in [5, 5.41) is 3.59. The van der Waals surface area contributed by atoms with E-state index in [4.69, 9.17) is 5.73 Å². The van der Waals surface area contributed by atoms with Crippen LogP contribution >= 0.6 is 12.4 Å². The maximum Gasteiger partial charge on any atom is 0.237 e. The summed E-state index contributed by atoms with van der Waals surface area (Å²) in [6, 6.07) is 1.21. The molecule has 0 saturated carbocycles. The molecule has 3 N–H and O–H groups in total. The van der Waals surface area contributed by atoms with Crippen molar-refractivity contribution in [2.75, 3.05) is 13.1 Å². The van der Waals surface area contributed by atoms with Crippen molar-refractivity contribution in [1.82, 2.24) is 10.2 Å². The van der Waals surface area contributed by atoms with E-state index in [0.29, 0.717) is 31.0 Å². The molecule has 0 aromatic carbocycles. The lowest BCUT2D eigenvalue weighted by Gasteiger charge is -2.30. The van der Waals surface area contributed by atoms with E-state index < -0.39 is 5.91 Å². The number of primary amides is 1. The van der Waals surface area contributed by atoms with Gasteiger partial charge in [0.1, 0.15) is 0 Å². The zero-order valence-electron chi connectivity index (χ0n) is 12.8. The molecule has 2 heterocycles. The van der Waals surface area contributed by atoms with Crippen molar-refractivity contribution in [3.8, 4) is 0 Å². The molecule has 2 bridgehead atoms. The molecule has 6 heteroatoms. The van der Waals surface area contributed by atoms with E-state index >= 15 is 0 Å². The van der Waals surface area contributed by atoms with Gasteiger partial charge in [0.15, 0.2) is 0 Å². The molecule has 5 nitrogen and oxygen atoms in total. The molecule has 2 atom stereocenters. The van der Waals surface area contributed by atoms with Gasteiger partial charge in [0.05, 0.1) is 6.54 Å². The summed E-state index contributed by atoms with van der Waals surface area (Å²) in [5.74, 6) is 0.154. The second-order valence-corrected chi connectivity index (χ2v) is 6.31. The van der Waals surface area contributed by atoms with Gasteiger partial charge in [-0.2, -0.15) is 0 Å². The first-order valence-electron chi connectivity index (χ1n) is 7.90. The van der Waals surface area contributed by atoms with Crippen molar-refractivity contribution < 1.29 is 9.59 Å². The van der Waals surface area contributed by atoms with Gasteiger partial charge in [-0.25, -0.2) is 0 Å². The van der Waals surface area contributed by atoms with Gasteiger partial charge in [0.2, 0.25) is 11.8 Å². The molecular formula is C15H28ClN3O2. The summed E-state index contributed by atoms with van der Waals surface area (Å²) in [4.78, 5) is 25.1. The highest BCUT2D eigenvalue weighted by atomic mass is 35.5. The molecule has 0 radical (unpaired) electrons. The molecule has 0 spiro atoms. The van der Waals surface area contributed by atoms with Crippen molar-refractivity contribution in [2.45, 2.75) is 64.0 Å². The van der Waals surface area contributed by atoms with Crippen LogP contribution in [0, 0.1) is 5.92 Å². The average Bonchev–Trinajstić information content (AvgIpc) is 2.73. The number of carbonyl (C=O) groups excluding carboxylic acids is 2. The summed E-state index contributed by atoms with van der Waals surface area (Å²) in [5.41, 5.74) is 5.25. The van der Waals surface area contributed by atoms with E-state index in [1.165, 1.54) is 12.8 Å². The number of carbonyl (C=O) groups is 2. The largest absolute Gasteiger partial charge is 0.368 e. The molecule has 2 aliphatic rings. The highest BCUT2D eigenvalue weighted by molar-refractivity contribution is 5.85. The third-order valence-electron chi connectivity index (χ3n) is 4.51. The highest BCUT2D eigenvalue weighted by Gasteiger charge is 2.34. The minimum atomic E-state index is -0.417. The molecule has 0 aromatic rings. The normalized spacial score (nSPS) is 27.0. The number of nitrogens with two attached hydrogens (primary N) is 1. The standard InChI is InChI=1S/C15H27N3O2.ClH/c1-2-3-6-18(10-14(16)19)15(20)9-11-7-12-4-5-13(8-11)17-12;/h11-13,17H,2-10H2,1H3,(H2,16,19);1H. The number of halogens is 1. The number of nitrogens with zero attached hydrogens (tertiary/aromatic N) is 1. The number of hydrogen-bond donors (Lipinski definition) is 2. The predicted molar refractivity (Wildman–Crippen MR) is 85.2 cm³/mol. The summed E-state index contributed by atoms with van der Waals surface area (Å²) >= 11 is 0. The minimum Gasteiger partial charge on any atom is -0.368 e. The Kier molecular flexibility index (Phi) is 7.46. The van der Waals surface area contributed by atoms with Crippen molar-refractivity contribution in [2.24, 2.45) is 11.7 Å². The van der Waals surface area contributed by atoms with Gasteiger partial charge < -0.3 is 16.0 Å². The number of fused-ring (bicyclic) bond motifs is 2. The van der Waals surface area contributed by atoms with Gasteiger partial charge in [-0.05, 0) is 38.0 Å². The Morgan fingerprint density at radius 1 is 1.24 bits per heavy atom. The zero-order chi connectivity index (χ0) is 14.5. The van der Waals surface area contributed by atoms with Crippen LogP contribution in [-0.4, -0.2) is 41.9 Å². The van der Waals surface area contributed by atoms with E-state index in [1.807, 2.05) is 0 Å². The second-order valence-electron chi connectivity index (χ2n) is 6.31. The monoisotopic (exact) mass is 317 g/mol. The fourth-order valence-corrected chi connectivity index (χ4v) is 3.55. The van der Waals surface area contributed by atoms with E-state index in [9.17, 15) is 9.59 Å². The topological polar surface area (TPSA) is 75.4 Å². The van der Waals surface area contributed by atoms with Crippen LogP contribution in [0.15, 0.2) is 0 Å². The van der Waals surface area contributed by atoms with Gasteiger partial charge >= 0.3 is 0 Å². The molecule has 2 unspecified atom stereocenters. The fourth-order valence-electron chi connectivity index (χ4n) is 3.55. The molecule has 21 heavy (non-hydrogen) atoms. The summed E-state index contributed by atoms with van der Waals surface area (Å²) in [6.45, 7) is 2.80. The first kappa shape index (κ1) is 18.2. The number of amides is 2. The maximum atomic E-state index is 12.4. The summed E-state index contributed by atoms with van der Waals surface area (Å²) in [7, 11) is 0. The molecule has 122 valence electrons. The van der Waals surface area contributed by atoms with Gasteiger partial charge in [-0.1, -0.05) is 13.3 Å². The molecule has 0 aliphatic carbocycles. The Balaban J connectivity index is 0.00000220. The maximum absolute atomic E-state index is 12.4. The average molecular weight is 318 g/mol. The predicted octanol–water partition coefficient (Wildman–Crippen LogP) is 1.44. The third kappa shape index (κ3) is 5.47. The van der Waals surface area contributed by atoms with Crippen molar-refractivity contribution in [3.05, 3.63) is 0 Å². The smallest absolute Gasteiger partial charge is 0.237 e. The highest BCUT2D eigenvalue weighted by Crippen LogP contribution is 2.32. The van der Waals surface area contributed by atoms with Crippen LogP contribution in [0.5, 0.6) is 0 Å². The van der Waals surface area contributed by atoms with E-state index in [1.54, 1.807) is 4.90 Å². The SMILES string of the molecule is CCCCN(CC(N)=O)C(=O)CC1CC2CCC(C1)N2.Cl. The lowest BCUT2D eigenvalue weighted by molar-refractivity contribution is -0.136. The lowest BCUT2D eigenvalue weighted by Crippen LogP contribution is -2.42. The Bertz CT molecular complexity index is 353. The summed E-state index contributed by atoms with van der Waals surface area (Å²) < 4.78 is 0. The van der Waals surface area contributed by atoms with E-state index in [2.05, 4.69) is 12.2 Å². The molecule has 2 saturated heterocycles. The second kappa shape index (κ2) is 8.59. The Morgan fingerprint density at radius 2 is 1.86 bits per heavy atom. The molecule has 2 amide bonds. The van der Waals surface area contributed by atoms with Crippen LogP contribution in [0.3, 0.4) is 0 Å². The molecular weight excluding hydrogens is 290 g/mol. The van der Waals surface area contributed by atoms with E-state index in [-0.39, 0.29) is 24.9 Å². The Labute approximate surface area is 133 Å². The van der Waals surface area contributed by atoms with Crippen LogP contribution in [0.2, 0.25) is 0 Å². The zero-order valence-corrected chi connectivity index (χ0v) is 13.7. The molecule has 2 fully saturated rings. The third-order valence-corrected chi connectivity index (χ3v) is 4.51. The first-order valence-corrected chi connectivity index (χ1v) is 7.90. The number of nitrogens with one attached hydrogen (secondary N) is 1. The number of rotatable bonds is 7.